The summed E-state index contributed by atoms with van der Waals surface area (Å²) in [6, 6.07) is 5.69. The summed E-state index contributed by atoms with van der Waals surface area (Å²) in [5, 5.41) is 0. The molecular weight excluding hydrogens is 304 g/mol. The highest BCUT2D eigenvalue weighted by molar-refractivity contribution is 5.94. The fourth-order valence-electron chi connectivity index (χ4n) is 3.51. The minimum atomic E-state index is 0.104. The van der Waals surface area contributed by atoms with Crippen molar-refractivity contribution >= 4 is 5.91 Å². The Morgan fingerprint density at radius 3 is 2.75 bits per heavy atom. The molecule has 2 saturated heterocycles. The van der Waals surface area contributed by atoms with Crippen LogP contribution in [0.3, 0.4) is 0 Å². The number of benzene rings is 1. The summed E-state index contributed by atoms with van der Waals surface area (Å²) in [4.78, 5) is 17.1. The van der Waals surface area contributed by atoms with Gasteiger partial charge in [0, 0.05) is 44.9 Å². The van der Waals surface area contributed by atoms with Crippen molar-refractivity contribution in [3.63, 3.8) is 0 Å². The molecule has 0 aliphatic carbocycles. The lowest BCUT2D eigenvalue weighted by Gasteiger charge is -2.35. The number of ether oxygens (including phenoxy) is 2. The first kappa shape index (κ1) is 17.2. The van der Waals surface area contributed by atoms with E-state index in [1.54, 1.807) is 7.11 Å². The molecule has 1 atom stereocenters. The third-order valence-electron chi connectivity index (χ3n) is 5.11. The summed E-state index contributed by atoms with van der Waals surface area (Å²) in [6.45, 7) is 7.46. The van der Waals surface area contributed by atoms with E-state index in [4.69, 9.17) is 9.47 Å². The Hall–Kier alpha value is -1.59. The predicted molar refractivity (Wildman–Crippen MR) is 93.7 cm³/mol. The highest BCUT2D eigenvalue weighted by atomic mass is 16.5. The quantitative estimate of drug-likeness (QED) is 0.830. The lowest BCUT2D eigenvalue weighted by Crippen LogP contribution is -2.49. The van der Waals surface area contributed by atoms with Gasteiger partial charge < -0.3 is 14.4 Å². The molecule has 0 aromatic heterocycles. The van der Waals surface area contributed by atoms with Crippen molar-refractivity contribution in [2.24, 2.45) is 0 Å². The molecule has 132 valence electrons. The first-order valence-electron chi connectivity index (χ1n) is 8.95. The zero-order valence-corrected chi connectivity index (χ0v) is 14.8. The molecule has 5 nitrogen and oxygen atoms in total. The SMILES string of the molecule is COc1cc(C(=O)N2CCN(CC[C@@H]3CCCO3)CC2)ccc1C. The molecule has 2 fully saturated rings. The highest BCUT2D eigenvalue weighted by Crippen LogP contribution is 2.21. The molecule has 1 aromatic carbocycles. The average molecular weight is 332 g/mol. The zero-order valence-electron chi connectivity index (χ0n) is 14.8. The van der Waals surface area contributed by atoms with E-state index in [2.05, 4.69) is 4.90 Å². The van der Waals surface area contributed by atoms with Gasteiger partial charge in [-0.3, -0.25) is 9.69 Å². The van der Waals surface area contributed by atoms with E-state index in [0.29, 0.717) is 11.7 Å². The van der Waals surface area contributed by atoms with Crippen molar-refractivity contribution in [3.05, 3.63) is 29.3 Å². The van der Waals surface area contributed by atoms with E-state index in [9.17, 15) is 4.79 Å². The number of nitrogens with zero attached hydrogens (tertiary/aromatic N) is 2. The number of carbonyl (C=O) groups is 1. The Kier molecular flexibility index (Phi) is 5.74. The van der Waals surface area contributed by atoms with Crippen LogP contribution in [0.5, 0.6) is 5.75 Å². The van der Waals surface area contributed by atoms with Crippen molar-refractivity contribution in [1.82, 2.24) is 9.80 Å². The van der Waals surface area contributed by atoms with Gasteiger partial charge in [0.1, 0.15) is 5.75 Å². The second kappa shape index (κ2) is 7.99. The average Bonchev–Trinajstić information content (AvgIpc) is 3.14. The number of carbonyl (C=O) groups excluding carboxylic acids is 1. The lowest BCUT2D eigenvalue weighted by atomic mass is 10.1. The van der Waals surface area contributed by atoms with Gasteiger partial charge in [0.05, 0.1) is 13.2 Å². The Morgan fingerprint density at radius 1 is 1.29 bits per heavy atom. The number of aryl methyl sites for hydroxylation is 1. The van der Waals surface area contributed by atoms with Crippen LogP contribution in [0, 0.1) is 6.92 Å². The normalized spacial score (nSPS) is 21.9. The Balaban J connectivity index is 1.49. The number of methoxy groups -OCH3 is 1. The van der Waals surface area contributed by atoms with E-state index < -0.39 is 0 Å². The maximum Gasteiger partial charge on any atom is 0.254 e. The van der Waals surface area contributed by atoms with Gasteiger partial charge in [0.15, 0.2) is 0 Å². The minimum absolute atomic E-state index is 0.104. The Morgan fingerprint density at radius 2 is 2.08 bits per heavy atom. The van der Waals surface area contributed by atoms with Crippen LogP contribution in [0.4, 0.5) is 0 Å². The van der Waals surface area contributed by atoms with E-state index in [0.717, 1.165) is 57.1 Å². The highest BCUT2D eigenvalue weighted by Gasteiger charge is 2.24. The van der Waals surface area contributed by atoms with Gasteiger partial charge in [-0.2, -0.15) is 0 Å². The van der Waals surface area contributed by atoms with Gasteiger partial charge in [-0.25, -0.2) is 0 Å². The predicted octanol–water partition coefficient (Wildman–Crippen LogP) is 2.33. The van der Waals surface area contributed by atoms with Crippen molar-refractivity contribution < 1.29 is 14.3 Å². The second-order valence-electron chi connectivity index (χ2n) is 6.74. The van der Waals surface area contributed by atoms with Gasteiger partial charge in [-0.1, -0.05) is 6.07 Å². The Labute approximate surface area is 144 Å². The van der Waals surface area contributed by atoms with Crippen LogP contribution in [0.25, 0.3) is 0 Å². The molecule has 2 aliphatic heterocycles. The summed E-state index contributed by atoms with van der Waals surface area (Å²) in [6.07, 6.45) is 3.97. The van der Waals surface area contributed by atoms with E-state index in [-0.39, 0.29) is 5.91 Å². The van der Waals surface area contributed by atoms with Crippen molar-refractivity contribution in [2.75, 3.05) is 46.4 Å². The molecular formula is C19H28N2O3. The maximum absolute atomic E-state index is 12.7. The molecule has 24 heavy (non-hydrogen) atoms. The van der Waals surface area contributed by atoms with Crippen LogP contribution in [0.15, 0.2) is 18.2 Å². The van der Waals surface area contributed by atoms with Gasteiger partial charge in [0.2, 0.25) is 0 Å². The molecule has 1 aromatic rings. The van der Waals surface area contributed by atoms with E-state index in [1.807, 2.05) is 30.0 Å². The van der Waals surface area contributed by atoms with Gasteiger partial charge in [-0.05, 0) is 43.9 Å². The van der Waals surface area contributed by atoms with Crippen molar-refractivity contribution in [2.45, 2.75) is 32.3 Å². The largest absolute Gasteiger partial charge is 0.496 e. The molecule has 1 amide bonds. The van der Waals surface area contributed by atoms with Crippen molar-refractivity contribution in [1.29, 1.82) is 0 Å². The van der Waals surface area contributed by atoms with Crippen LogP contribution < -0.4 is 4.74 Å². The number of rotatable bonds is 5. The molecule has 2 heterocycles. The number of piperazine rings is 1. The maximum atomic E-state index is 12.7. The summed E-state index contributed by atoms with van der Waals surface area (Å²) in [7, 11) is 1.64. The van der Waals surface area contributed by atoms with Crippen LogP contribution in [-0.4, -0.2) is 68.3 Å². The fraction of sp³-hybridized carbons (Fsp3) is 0.632. The monoisotopic (exact) mass is 332 g/mol. The second-order valence-corrected chi connectivity index (χ2v) is 6.74. The number of amides is 1. The molecule has 0 N–H and O–H groups in total. The molecule has 3 rings (SSSR count). The third kappa shape index (κ3) is 4.08. The molecule has 0 bridgehead atoms. The molecule has 5 heteroatoms. The first-order chi connectivity index (χ1) is 11.7. The van der Waals surface area contributed by atoms with Crippen LogP contribution in [0.1, 0.15) is 35.2 Å². The lowest BCUT2D eigenvalue weighted by molar-refractivity contribution is 0.0575. The first-order valence-corrected chi connectivity index (χ1v) is 8.95. The van der Waals surface area contributed by atoms with Gasteiger partial charge >= 0.3 is 0 Å². The molecule has 0 spiro atoms. The number of hydrogen-bond donors (Lipinski definition) is 0. The molecule has 0 saturated carbocycles. The minimum Gasteiger partial charge on any atom is -0.496 e. The third-order valence-corrected chi connectivity index (χ3v) is 5.11. The number of hydrogen-bond acceptors (Lipinski definition) is 4. The smallest absolute Gasteiger partial charge is 0.254 e. The van der Waals surface area contributed by atoms with Crippen LogP contribution >= 0.6 is 0 Å². The molecule has 0 unspecified atom stereocenters. The standard InChI is InChI=1S/C19H28N2O3/c1-15-5-6-16(14-18(15)23-2)19(22)21-11-9-20(10-12-21)8-7-17-4-3-13-24-17/h5-6,14,17H,3-4,7-13H2,1-2H3/t17-/m0/s1. The fourth-order valence-corrected chi connectivity index (χ4v) is 3.51. The molecule has 2 aliphatic rings. The summed E-state index contributed by atoms with van der Waals surface area (Å²) >= 11 is 0. The molecule has 0 radical (unpaired) electrons. The van der Waals surface area contributed by atoms with Crippen LogP contribution in [0.2, 0.25) is 0 Å². The summed E-state index contributed by atoms with van der Waals surface area (Å²) < 4.78 is 11.0. The van der Waals surface area contributed by atoms with Crippen LogP contribution in [-0.2, 0) is 4.74 Å². The van der Waals surface area contributed by atoms with Gasteiger partial charge in [-0.15, -0.1) is 0 Å². The Bertz CT molecular complexity index is 562. The van der Waals surface area contributed by atoms with Crippen molar-refractivity contribution in [3.8, 4) is 5.75 Å². The zero-order chi connectivity index (χ0) is 16.9. The summed E-state index contributed by atoms with van der Waals surface area (Å²) in [5.74, 6) is 0.878. The van der Waals surface area contributed by atoms with Gasteiger partial charge in [0.25, 0.3) is 5.91 Å². The van der Waals surface area contributed by atoms with E-state index in [1.165, 1.54) is 12.8 Å². The topological polar surface area (TPSA) is 42.0 Å². The summed E-state index contributed by atoms with van der Waals surface area (Å²) in [5.41, 5.74) is 1.76. The van der Waals surface area contributed by atoms with E-state index >= 15 is 0 Å².